The fourth-order valence-corrected chi connectivity index (χ4v) is 1.50. The van der Waals surface area contributed by atoms with Gasteiger partial charge in [-0.25, -0.2) is 0 Å². The highest BCUT2D eigenvalue weighted by Crippen LogP contribution is 2.30. The summed E-state index contributed by atoms with van der Waals surface area (Å²) in [6.07, 6.45) is 3.50. The molecule has 0 radical (unpaired) electrons. The van der Waals surface area contributed by atoms with Gasteiger partial charge >= 0.3 is 0 Å². The molecule has 68 valence electrons. The van der Waals surface area contributed by atoms with Crippen molar-refractivity contribution in [3.8, 4) is 0 Å². The van der Waals surface area contributed by atoms with Gasteiger partial charge in [0.15, 0.2) is 0 Å². The molecular weight excluding hydrogens is 172 g/mol. The summed E-state index contributed by atoms with van der Waals surface area (Å²) in [6.45, 7) is 2.05. The second-order valence-corrected chi connectivity index (χ2v) is 4.13. The van der Waals surface area contributed by atoms with Crippen LogP contribution < -0.4 is 11.1 Å². The lowest BCUT2D eigenvalue weighted by atomic mass is 9.78. The molecule has 1 saturated carbocycles. The number of hydrogen-bond donors (Lipinski definition) is 2. The zero-order chi connectivity index (χ0) is 9.19. The average molecular weight is 186 g/mol. The predicted octanol–water partition coefficient (Wildman–Crippen LogP) is 0.721. The van der Waals surface area contributed by atoms with Crippen molar-refractivity contribution in [2.24, 2.45) is 5.73 Å². The molecule has 3 nitrogen and oxygen atoms in total. The molecule has 1 rings (SSSR count). The Labute approximate surface area is 77.7 Å². The van der Waals surface area contributed by atoms with Gasteiger partial charge < -0.3 is 11.1 Å². The first-order chi connectivity index (χ1) is 5.52. The molecule has 1 amide bonds. The van der Waals surface area contributed by atoms with Crippen molar-refractivity contribution in [3.63, 3.8) is 0 Å². The van der Waals surface area contributed by atoms with Crippen LogP contribution >= 0.6 is 12.2 Å². The zero-order valence-corrected chi connectivity index (χ0v) is 8.04. The second kappa shape index (κ2) is 3.39. The first kappa shape index (κ1) is 9.45. The van der Waals surface area contributed by atoms with Crippen molar-refractivity contribution in [2.45, 2.75) is 38.1 Å². The van der Waals surface area contributed by atoms with Gasteiger partial charge in [0.2, 0.25) is 5.91 Å². The number of nitrogens with two attached hydrogens (primary N) is 1. The molecule has 0 atom stereocenters. The first-order valence-electron chi connectivity index (χ1n) is 4.11. The number of amides is 1. The van der Waals surface area contributed by atoms with Crippen LogP contribution in [0.4, 0.5) is 0 Å². The maximum atomic E-state index is 11.2. The Morgan fingerprint density at radius 1 is 1.67 bits per heavy atom. The Morgan fingerprint density at radius 3 is 2.58 bits per heavy atom. The van der Waals surface area contributed by atoms with Gasteiger partial charge in [-0.05, 0) is 26.2 Å². The molecule has 0 aromatic rings. The SMILES string of the molecule is CC1(NC(=O)CC(N)=S)CCC1. The van der Waals surface area contributed by atoms with Gasteiger partial charge in [-0.3, -0.25) is 4.79 Å². The Hall–Kier alpha value is -0.640. The number of carbonyl (C=O) groups is 1. The third-order valence-corrected chi connectivity index (χ3v) is 2.38. The van der Waals surface area contributed by atoms with Crippen molar-refractivity contribution >= 4 is 23.1 Å². The third-order valence-electron chi connectivity index (χ3n) is 2.23. The molecule has 1 fully saturated rings. The zero-order valence-electron chi connectivity index (χ0n) is 7.22. The second-order valence-electron chi connectivity index (χ2n) is 3.61. The van der Waals surface area contributed by atoms with Gasteiger partial charge in [-0.15, -0.1) is 0 Å². The highest BCUT2D eigenvalue weighted by atomic mass is 32.1. The summed E-state index contributed by atoms with van der Waals surface area (Å²) in [4.78, 5) is 11.4. The van der Waals surface area contributed by atoms with Gasteiger partial charge in [0.25, 0.3) is 0 Å². The molecule has 0 spiro atoms. The molecule has 0 saturated heterocycles. The van der Waals surface area contributed by atoms with Crippen LogP contribution in [0, 0.1) is 0 Å². The number of hydrogen-bond acceptors (Lipinski definition) is 2. The topological polar surface area (TPSA) is 55.1 Å². The van der Waals surface area contributed by atoms with Crippen LogP contribution in [-0.2, 0) is 4.79 Å². The van der Waals surface area contributed by atoms with Crippen LogP contribution in [0.1, 0.15) is 32.6 Å². The van der Waals surface area contributed by atoms with E-state index in [1.165, 1.54) is 6.42 Å². The number of carbonyl (C=O) groups excluding carboxylic acids is 1. The Bertz CT molecular complexity index is 211. The molecule has 0 unspecified atom stereocenters. The summed E-state index contributed by atoms with van der Waals surface area (Å²) in [5.41, 5.74) is 5.26. The maximum Gasteiger partial charge on any atom is 0.227 e. The van der Waals surface area contributed by atoms with Crippen molar-refractivity contribution in [3.05, 3.63) is 0 Å². The first-order valence-corrected chi connectivity index (χ1v) is 4.52. The minimum absolute atomic E-state index is 0.0157. The molecular formula is C8H14N2OS. The monoisotopic (exact) mass is 186 g/mol. The summed E-state index contributed by atoms with van der Waals surface area (Å²) in [7, 11) is 0. The van der Waals surface area contributed by atoms with Crippen molar-refractivity contribution in [1.29, 1.82) is 0 Å². The lowest BCUT2D eigenvalue weighted by Crippen LogP contribution is -2.51. The number of thiocarbonyl (C=S) groups is 1. The molecule has 1 aliphatic carbocycles. The van der Waals surface area contributed by atoms with Crippen molar-refractivity contribution in [2.75, 3.05) is 0 Å². The highest BCUT2D eigenvalue weighted by molar-refractivity contribution is 7.80. The van der Waals surface area contributed by atoms with E-state index < -0.39 is 0 Å². The van der Waals surface area contributed by atoms with Gasteiger partial charge in [0.1, 0.15) is 0 Å². The fourth-order valence-electron chi connectivity index (χ4n) is 1.37. The molecule has 0 aromatic carbocycles. The number of nitrogens with one attached hydrogen (secondary N) is 1. The molecule has 0 heterocycles. The lowest BCUT2D eigenvalue weighted by Gasteiger charge is -2.39. The predicted molar refractivity (Wildman–Crippen MR) is 51.8 cm³/mol. The molecule has 12 heavy (non-hydrogen) atoms. The van der Waals surface area contributed by atoms with E-state index in [-0.39, 0.29) is 22.9 Å². The van der Waals surface area contributed by atoms with Crippen molar-refractivity contribution in [1.82, 2.24) is 5.32 Å². The van der Waals surface area contributed by atoms with Gasteiger partial charge in [-0.2, -0.15) is 0 Å². The molecule has 1 aliphatic rings. The van der Waals surface area contributed by atoms with E-state index in [9.17, 15) is 4.79 Å². The largest absolute Gasteiger partial charge is 0.393 e. The molecule has 0 aromatic heterocycles. The highest BCUT2D eigenvalue weighted by Gasteiger charge is 2.32. The minimum Gasteiger partial charge on any atom is -0.393 e. The van der Waals surface area contributed by atoms with E-state index in [1.54, 1.807) is 0 Å². The summed E-state index contributed by atoms with van der Waals surface area (Å²) < 4.78 is 0. The van der Waals surface area contributed by atoms with Crippen LogP contribution in [-0.4, -0.2) is 16.4 Å². The average Bonchev–Trinajstić information content (AvgIpc) is 1.81. The van der Waals surface area contributed by atoms with Crippen LogP contribution in [0.5, 0.6) is 0 Å². The van der Waals surface area contributed by atoms with E-state index in [0.717, 1.165) is 12.8 Å². The van der Waals surface area contributed by atoms with Gasteiger partial charge in [0, 0.05) is 5.54 Å². The van der Waals surface area contributed by atoms with Gasteiger partial charge in [-0.1, -0.05) is 12.2 Å². The minimum atomic E-state index is -0.0512. The molecule has 4 heteroatoms. The Kier molecular flexibility index (Phi) is 2.67. The summed E-state index contributed by atoms with van der Waals surface area (Å²) in [5, 5.41) is 2.92. The van der Waals surface area contributed by atoms with Crippen LogP contribution in [0.2, 0.25) is 0 Å². The van der Waals surface area contributed by atoms with Crippen molar-refractivity contribution < 1.29 is 4.79 Å². The molecule has 0 bridgehead atoms. The third kappa shape index (κ3) is 2.44. The van der Waals surface area contributed by atoms with E-state index in [4.69, 9.17) is 5.73 Å². The van der Waals surface area contributed by atoms with E-state index >= 15 is 0 Å². The van der Waals surface area contributed by atoms with E-state index in [0.29, 0.717) is 0 Å². The Balaban J connectivity index is 2.30. The lowest BCUT2D eigenvalue weighted by molar-refractivity contribution is -0.122. The van der Waals surface area contributed by atoms with Crippen LogP contribution in [0.15, 0.2) is 0 Å². The quantitative estimate of drug-likeness (QED) is 0.639. The molecule has 0 aliphatic heterocycles. The van der Waals surface area contributed by atoms with Gasteiger partial charge in [0.05, 0.1) is 11.4 Å². The maximum absolute atomic E-state index is 11.2. The summed E-state index contributed by atoms with van der Waals surface area (Å²) in [5.74, 6) is -0.0512. The normalized spacial score (nSPS) is 19.4. The van der Waals surface area contributed by atoms with E-state index in [1.807, 2.05) is 6.92 Å². The number of rotatable bonds is 3. The standard InChI is InChI=1S/C8H14N2OS/c1-8(3-2-4-8)10-7(11)5-6(9)12/h2-5H2,1H3,(H2,9,12)(H,10,11). The Morgan fingerprint density at radius 2 is 2.25 bits per heavy atom. The van der Waals surface area contributed by atoms with E-state index in [2.05, 4.69) is 17.5 Å². The summed E-state index contributed by atoms with van der Waals surface area (Å²) in [6, 6.07) is 0. The molecule has 3 N–H and O–H groups in total. The van der Waals surface area contributed by atoms with Crippen LogP contribution in [0.3, 0.4) is 0 Å². The van der Waals surface area contributed by atoms with Crippen LogP contribution in [0.25, 0.3) is 0 Å². The smallest absolute Gasteiger partial charge is 0.227 e. The fraction of sp³-hybridized carbons (Fsp3) is 0.750. The summed E-state index contributed by atoms with van der Waals surface area (Å²) >= 11 is 4.63.